The van der Waals surface area contributed by atoms with Gasteiger partial charge in [0.05, 0.1) is 0 Å². The Morgan fingerprint density at radius 2 is 1.62 bits per heavy atom. The van der Waals surface area contributed by atoms with Gasteiger partial charge in [0, 0.05) is 6.61 Å². The van der Waals surface area contributed by atoms with E-state index in [9.17, 15) is 4.79 Å². The van der Waals surface area contributed by atoms with E-state index >= 15 is 0 Å². The summed E-state index contributed by atoms with van der Waals surface area (Å²) >= 11 is 0. The van der Waals surface area contributed by atoms with Crippen molar-refractivity contribution in [2.24, 2.45) is 0 Å². The summed E-state index contributed by atoms with van der Waals surface area (Å²) in [5.74, 6) is 0.179. The Morgan fingerprint density at radius 3 is 1.85 bits per heavy atom. The maximum atomic E-state index is 11.5. The quantitative estimate of drug-likeness (QED) is 0.611. The third-order valence-corrected chi connectivity index (χ3v) is 2.37. The van der Waals surface area contributed by atoms with Crippen LogP contribution in [0, 0.1) is 0 Å². The molecule has 2 heteroatoms. The minimum absolute atomic E-state index is 0.179. The van der Waals surface area contributed by atoms with Gasteiger partial charge < -0.3 is 4.74 Å². The number of ether oxygens (including phenoxy) is 1. The summed E-state index contributed by atoms with van der Waals surface area (Å²) < 4.78 is 5.62. The second-order valence-electron chi connectivity index (χ2n) is 3.48. The third-order valence-electron chi connectivity index (χ3n) is 2.37. The van der Waals surface area contributed by atoms with Gasteiger partial charge in [-0.25, -0.2) is 0 Å². The maximum absolute atomic E-state index is 11.5. The van der Waals surface area contributed by atoms with E-state index in [1.807, 2.05) is 6.92 Å². The molecule has 0 aromatic carbocycles. The second-order valence-corrected chi connectivity index (χ2v) is 3.48. The number of hydrogen-bond donors (Lipinski definition) is 0. The van der Waals surface area contributed by atoms with E-state index in [-0.39, 0.29) is 5.78 Å². The van der Waals surface area contributed by atoms with Gasteiger partial charge >= 0.3 is 0 Å². The standard InChI is InChI=1S/C11H22O2/c1-5-8-11(9-6-2,10(4)12)13-7-3/h5-9H2,1-4H3. The molecule has 0 unspecified atom stereocenters. The van der Waals surface area contributed by atoms with Crippen LogP contribution in [0.3, 0.4) is 0 Å². The lowest BCUT2D eigenvalue weighted by atomic mass is 9.88. The van der Waals surface area contributed by atoms with Gasteiger partial charge in [-0.05, 0) is 26.7 Å². The van der Waals surface area contributed by atoms with E-state index in [0.29, 0.717) is 6.61 Å². The average Bonchev–Trinajstić information content (AvgIpc) is 2.05. The number of Topliss-reactive ketones (excluding diaryl/α,β-unsaturated/α-hetero) is 1. The van der Waals surface area contributed by atoms with Crippen LogP contribution in [-0.2, 0) is 9.53 Å². The lowest BCUT2D eigenvalue weighted by Gasteiger charge is -2.30. The molecule has 0 saturated heterocycles. The van der Waals surface area contributed by atoms with Crippen LogP contribution in [0.4, 0.5) is 0 Å². The Morgan fingerprint density at radius 1 is 1.15 bits per heavy atom. The normalized spacial score (nSPS) is 11.7. The molecule has 0 aliphatic carbocycles. The Kier molecular flexibility index (Phi) is 5.97. The molecule has 0 radical (unpaired) electrons. The van der Waals surface area contributed by atoms with Crippen LogP contribution in [0.1, 0.15) is 53.4 Å². The highest BCUT2D eigenvalue weighted by atomic mass is 16.5. The molecule has 0 aromatic heterocycles. The first-order valence-corrected chi connectivity index (χ1v) is 5.28. The van der Waals surface area contributed by atoms with Crippen molar-refractivity contribution in [2.45, 2.75) is 59.0 Å². The van der Waals surface area contributed by atoms with Crippen molar-refractivity contribution in [1.82, 2.24) is 0 Å². The molecule has 0 aliphatic heterocycles. The van der Waals surface area contributed by atoms with Crippen molar-refractivity contribution >= 4 is 5.78 Å². The first kappa shape index (κ1) is 12.6. The molecule has 0 heterocycles. The van der Waals surface area contributed by atoms with E-state index in [1.54, 1.807) is 6.92 Å². The summed E-state index contributed by atoms with van der Waals surface area (Å²) in [5, 5.41) is 0. The van der Waals surface area contributed by atoms with Gasteiger partial charge in [-0.3, -0.25) is 4.79 Å². The molecule has 0 aromatic rings. The second kappa shape index (κ2) is 6.14. The highest BCUT2D eigenvalue weighted by Crippen LogP contribution is 2.25. The molecular formula is C11H22O2. The highest BCUT2D eigenvalue weighted by Gasteiger charge is 2.33. The number of carbonyl (C=O) groups excluding carboxylic acids is 1. The van der Waals surface area contributed by atoms with E-state index in [4.69, 9.17) is 4.74 Å². The average molecular weight is 186 g/mol. The molecule has 0 saturated carbocycles. The summed E-state index contributed by atoms with van der Waals surface area (Å²) in [5.41, 5.74) is -0.488. The fraction of sp³-hybridized carbons (Fsp3) is 0.909. The van der Waals surface area contributed by atoms with Crippen molar-refractivity contribution in [3.05, 3.63) is 0 Å². The zero-order chi connectivity index (χ0) is 10.3. The molecule has 0 N–H and O–H groups in total. The summed E-state index contributed by atoms with van der Waals surface area (Å²) in [4.78, 5) is 11.5. The molecular weight excluding hydrogens is 164 g/mol. The van der Waals surface area contributed by atoms with Crippen molar-refractivity contribution in [3.63, 3.8) is 0 Å². The lowest BCUT2D eigenvalue weighted by molar-refractivity contribution is -0.144. The van der Waals surface area contributed by atoms with Crippen LogP contribution >= 0.6 is 0 Å². The molecule has 0 atom stereocenters. The van der Waals surface area contributed by atoms with Gasteiger partial charge in [0.1, 0.15) is 5.60 Å². The lowest BCUT2D eigenvalue weighted by Crippen LogP contribution is -2.40. The maximum Gasteiger partial charge on any atom is 0.161 e. The minimum atomic E-state index is -0.488. The molecule has 13 heavy (non-hydrogen) atoms. The van der Waals surface area contributed by atoms with Crippen LogP contribution in [-0.4, -0.2) is 18.0 Å². The molecule has 0 bridgehead atoms. The third kappa shape index (κ3) is 3.47. The fourth-order valence-electron chi connectivity index (χ4n) is 1.81. The van der Waals surface area contributed by atoms with Crippen LogP contribution in [0.2, 0.25) is 0 Å². The van der Waals surface area contributed by atoms with Gasteiger partial charge in [0.2, 0.25) is 0 Å². The number of rotatable bonds is 7. The molecule has 2 nitrogen and oxygen atoms in total. The van der Waals surface area contributed by atoms with Crippen LogP contribution in [0.15, 0.2) is 0 Å². The minimum Gasteiger partial charge on any atom is -0.368 e. The Labute approximate surface area is 81.7 Å². The Bertz CT molecular complexity index is 135. The van der Waals surface area contributed by atoms with Gasteiger partial charge in [0.25, 0.3) is 0 Å². The Balaban J connectivity index is 4.48. The molecule has 78 valence electrons. The van der Waals surface area contributed by atoms with Crippen molar-refractivity contribution in [1.29, 1.82) is 0 Å². The van der Waals surface area contributed by atoms with E-state index in [1.165, 1.54) is 0 Å². The fourth-order valence-corrected chi connectivity index (χ4v) is 1.81. The first-order valence-electron chi connectivity index (χ1n) is 5.28. The zero-order valence-electron chi connectivity index (χ0n) is 9.35. The first-order chi connectivity index (χ1) is 6.13. The topological polar surface area (TPSA) is 26.3 Å². The van der Waals surface area contributed by atoms with Crippen LogP contribution in [0.25, 0.3) is 0 Å². The Hall–Kier alpha value is -0.370. The van der Waals surface area contributed by atoms with Crippen molar-refractivity contribution < 1.29 is 9.53 Å². The van der Waals surface area contributed by atoms with Crippen LogP contribution in [0.5, 0.6) is 0 Å². The van der Waals surface area contributed by atoms with Gasteiger partial charge in [0.15, 0.2) is 5.78 Å². The van der Waals surface area contributed by atoms with Gasteiger partial charge in [-0.1, -0.05) is 26.7 Å². The van der Waals surface area contributed by atoms with Gasteiger partial charge in [-0.15, -0.1) is 0 Å². The van der Waals surface area contributed by atoms with E-state index < -0.39 is 5.60 Å². The number of ketones is 1. The monoisotopic (exact) mass is 186 g/mol. The summed E-state index contributed by atoms with van der Waals surface area (Å²) in [7, 11) is 0. The predicted octanol–water partition coefficient (Wildman–Crippen LogP) is 2.95. The predicted molar refractivity (Wildman–Crippen MR) is 54.9 cm³/mol. The molecule has 0 fully saturated rings. The van der Waals surface area contributed by atoms with Gasteiger partial charge in [-0.2, -0.15) is 0 Å². The number of carbonyl (C=O) groups is 1. The molecule has 0 aliphatic rings. The molecule has 0 rings (SSSR count). The van der Waals surface area contributed by atoms with Crippen LogP contribution < -0.4 is 0 Å². The summed E-state index contributed by atoms with van der Waals surface area (Å²) in [6.07, 6.45) is 3.70. The van der Waals surface area contributed by atoms with Crippen molar-refractivity contribution in [3.8, 4) is 0 Å². The smallest absolute Gasteiger partial charge is 0.161 e. The molecule has 0 amide bonds. The molecule has 0 spiro atoms. The van der Waals surface area contributed by atoms with E-state index in [2.05, 4.69) is 13.8 Å². The largest absolute Gasteiger partial charge is 0.368 e. The SMILES string of the molecule is CCCC(CCC)(OCC)C(C)=O. The highest BCUT2D eigenvalue weighted by molar-refractivity contribution is 5.84. The summed E-state index contributed by atoms with van der Waals surface area (Å²) in [6.45, 7) is 8.39. The number of hydrogen-bond acceptors (Lipinski definition) is 2. The zero-order valence-corrected chi connectivity index (χ0v) is 9.35. The summed E-state index contributed by atoms with van der Waals surface area (Å²) in [6, 6.07) is 0. The van der Waals surface area contributed by atoms with E-state index in [0.717, 1.165) is 25.7 Å². The van der Waals surface area contributed by atoms with Crippen molar-refractivity contribution in [2.75, 3.05) is 6.61 Å².